The molecule has 1 fully saturated rings. The molecular weight excluding hydrogens is 212 g/mol. The van der Waals surface area contributed by atoms with Gasteiger partial charge in [0.25, 0.3) is 0 Å². The second-order valence-corrected chi connectivity index (χ2v) is 5.04. The van der Waals surface area contributed by atoms with Crippen molar-refractivity contribution < 1.29 is 0 Å². The molecule has 0 saturated heterocycles. The first-order chi connectivity index (χ1) is 8.40. The van der Waals surface area contributed by atoms with E-state index in [1.165, 1.54) is 37.9 Å². The number of hydrogen-bond acceptors (Lipinski definition) is 3. The highest BCUT2D eigenvalue weighted by atomic mass is 15.2. The summed E-state index contributed by atoms with van der Waals surface area (Å²) < 4.78 is 2.30. The van der Waals surface area contributed by atoms with E-state index in [2.05, 4.69) is 20.9 Å². The summed E-state index contributed by atoms with van der Waals surface area (Å²) in [5.41, 5.74) is 1.73. The van der Waals surface area contributed by atoms with Crippen molar-refractivity contribution in [2.24, 2.45) is 0 Å². The normalized spacial score (nSPS) is 20.9. The molecule has 0 amide bonds. The predicted molar refractivity (Wildman–Crippen MR) is 64.5 cm³/mol. The average molecular weight is 230 g/mol. The summed E-state index contributed by atoms with van der Waals surface area (Å²) in [6.07, 6.45) is 6.47. The number of fused-ring (bicyclic) bond motifs is 1. The highest BCUT2D eigenvalue weighted by Crippen LogP contribution is 2.33. The molecule has 0 spiro atoms. The van der Waals surface area contributed by atoms with E-state index in [-0.39, 0.29) is 0 Å². The molecule has 0 unspecified atom stereocenters. The molecule has 2 heterocycles. The van der Waals surface area contributed by atoms with Gasteiger partial charge in [-0.2, -0.15) is 5.26 Å². The minimum absolute atomic E-state index is 0.586. The summed E-state index contributed by atoms with van der Waals surface area (Å²) in [6.45, 7) is 2.76. The fourth-order valence-electron chi connectivity index (χ4n) is 3.09. The van der Waals surface area contributed by atoms with Gasteiger partial charge in [0.05, 0.1) is 5.69 Å². The van der Waals surface area contributed by atoms with Crippen LogP contribution in [0.1, 0.15) is 55.2 Å². The Balaban J connectivity index is 1.98. The molecule has 1 N–H and O–H groups in total. The highest BCUT2D eigenvalue weighted by Gasteiger charge is 2.26. The standard InChI is InChI=1S/C13H18N4/c14-8-11-12-9-15-6-7-17(12)13(16-11)10-4-2-1-3-5-10/h10,15H,1-7,9H2. The zero-order valence-electron chi connectivity index (χ0n) is 10.1. The summed E-state index contributed by atoms with van der Waals surface area (Å²) in [6, 6.07) is 2.24. The van der Waals surface area contributed by atoms with Crippen LogP contribution in [0.4, 0.5) is 0 Å². The van der Waals surface area contributed by atoms with Gasteiger partial charge in [-0.05, 0) is 12.8 Å². The van der Waals surface area contributed by atoms with Crippen molar-refractivity contribution in [2.75, 3.05) is 6.54 Å². The van der Waals surface area contributed by atoms with Crippen LogP contribution in [0.5, 0.6) is 0 Å². The molecule has 4 nitrogen and oxygen atoms in total. The number of nitrogens with zero attached hydrogens (tertiary/aromatic N) is 3. The van der Waals surface area contributed by atoms with Crippen LogP contribution in [0.2, 0.25) is 0 Å². The molecule has 1 aromatic heterocycles. The average Bonchev–Trinajstić information content (AvgIpc) is 2.78. The Hall–Kier alpha value is -1.34. The largest absolute Gasteiger partial charge is 0.328 e. The van der Waals surface area contributed by atoms with E-state index in [1.54, 1.807) is 0 Å². The Kier molecular flexibility index (Phi) is 2.86. The monoisotopic (exact) mass is 230 g/mol. The molecule has 17 heavy (non-hydrogen) atoms. The van der Waals surface area contributed by atoms with E-state index in [4.69, 9.17) is 5.26 Å². The molecule has 0 atom stereocenters. The summed E-state index contributed by atoms with van der Waals surface area (Å²) in [5, 5.41) is 12.5. The van der Waals surface area contributed by atoms with Crippen LogP contribution in [-0.4, -0.2) is 16.1 Å². The van der Waals surface area contributed by atoms with Crippen LogP contribution >= 0.6 is 0 Å². The van der Waals surface area contributed by atoms with E-state index >= 15 is 0 Å². The second kappa shape index (κ2) is 4.50. The third-order valence-electron chi connectivity index (χ3n) is 3.98. The van der Waals surface area contributed by atoms with Gasteiger partial charge in [-0.25, -0.2) is 4.98 Å². The lowest BCUT2D eigenvalue weighted by atomic mass is 9.88. The lowest BCUT2D eigenvalue weighted by Gasteiger charge is -2.24. The maximum atomic E-state index is 9.15. The fourth-order valence-corrected chi connectivity index (χ4v) is 3.09. The number of hydrogen-bond donors (Lipinski definition) is 1. The molecule has 90 valence electrons. The van der Waals surface area contributed by atoms with Gasteiger partial charge in [-0.3, -0.25) is 0 Å². The van der Waals surface area contributed by atoms with Crippen LogP contribution in [-0.2, 0) is 13.1 Å². The second-order valence-electron chi connectivity index (χ2n) is 5.04. The van der Waals surface area contributed by atoms with E-state index in [9.17, 15) is 0 Å². The van der Waals surface area contributed by atoms with Crippen molar-refractivity contribution in [1.82, 2.24) is 14.9 Å². The molecule has 4 heteroatoms. The molecule has 0 aromatic carbocycles. The van der Waals surface area contributed by atoms with Gasteiger partial charge in [-0.15, -0.1) is 0 Å². The van der Waals surface area contributed by atoms with Crippen molar-refractivity contribution in [3.8, 4) is 6.07 Å². The van der Waals surface area contributed by atoms with Crippen molar-refractivity contribution in [2.45, 2.75) is 51.1 Å². The quantitative estimate of drug-likeness (QED) is 0.801. The number of aromatic nitrogens is 2. The van der Waals surface area contributed by atoms with Crippen LogP contribution in [0.15, 0.2) is 0 Å². The minimum atomic E-state index is 0.586. The van der Waals surface area contributed by atoms with Gasteiger partial charge in [0.1, 0.15) is 11.9 Å². The van der Waals surface area contributed by atoms with E-state index in [0.717, 1.165) is 25.3 Å². The van der Waals surface area contributed by atoms with Crippen LogP contribution in [0.3, 0.4) is 0 Å². The number of rotatable bonds is 1. The Labute approximate surface area is 102 Å². The summed E-state index contributed by atoms with van der Waals surface area (Å²) >= 11 is 0. The smallest absolute Gasteiger partial charge is 0.163 e. The van der Waals surface area contributed by atoms with Crippen molar-refractivity contribution in [3.05, 3.63) is 17.2 Å². The first-order valence-corrected chi connectivity index (χ1v) is 6.60. The third kappa shape index (κ3) is 1.85. The van der Waals surface area contributed by atoms with Gasteiger partial charge < -0.3 is 9.88 Å². The Morgan fingerprint density at radius 3 is 2.88 bits per heavy atom. The summed E-state index contributed by atoms with van der Waals surface area (Å²) in [5.74, 6) is 1.76. The topological polar surface area (TPSA) is 53.6 Å². The lowest BCUT2D eigenvalue weighted by Crippen LogP contribution is -2.29. The van der Waals surface area contributed by atoms with Crippen molar-refractivity contribution >= 4 is 0 Å². The van der Waals surface area contributed by atoms with Crippen LogP contribution in [0.25, 0.3) is 0 Å². The van der Waals surface area contributed by atoms with Gasteiger partial charge in [0.2, 0.25) is 0 Å². The maximum Gasteiger partial charge on any atom is 0.163 e. The number of imidazole rings is 1. The molecule has 3 rings (SSSR count). The zero-order valence-corrected chi connectivity index (χ0v) is 10.1. The van der Waals surface area contributed by atoms with Gasteiger partial charge in [0.15, 0.2) is 5.69 Å². The zero-order chi connectivity index (χ0) is 11.7. The highest BCUT2D eigenvalue weighted by molar-refractivity contribution is 5.31. The first-order valence-electron chi connectivity index (χ1n) is 6.60. The molecule has 1 aliphatic heterocycles. The third-order valence-corrected chi connectivity index (χ3v) is 3.98. The van der Waals surface area contributed by atoms with E-state index in [1.807, 2.05) is 0 Å². The van der Waals surface area contributed by atoms with Crippen molar-refractivity contribution in [1.29, 1.82) is 5.26 Å². The molecular formula is C13H18N4. The van der Waals surface area contributed by atoms with Crippen LogP contribution < -0.4 is 5.32 Å². The van der Waals surface area contributed by atoms with Gasteiger partial charge in [-0.1, -0.05) is 19.3 Å². The molecule has 1 aromatic rings. The summed E-state index contributed by atoms with van der Waals surface area (Å²) in [4.78, 5) is 4.60. The van der Waals surface area contributed by atoms with E-state index < -0.39 is 0 Å². The van der Waals surface area contributed by atoms with E-state index in [0.29, 0.717) is 11.6 Å². The molecule has 1 saturated carbocycles. The Bertz CT molecular complexity index is 449. The summed E-state index contributed by atoms with van der Waals surface area (Å²) in [7, 11) is 0. The maximum absolute atomic E-state index is 9.15. The SMILES string of the molecule is N#Cc1nc(C2CCCCC2)n2c1CNCC2. The fraction of sp³-hybridized carbons (Fsp3) is 0.692. The molecule has 0 bridgehead atoms. The van der Waals surface area contributed by atoms with Gasteiger partial charge in [0, 0.05) is 25.6 Å². The minimum Gasteiger partial charge on any atom is -0.328 e. The lowest BCUT2D eigenvalue weighted by molar-refractivity contribution is 0.402. The predicted octanol–water partition coefficient (Wildman–Crippen LogP) is 1.91. The number of nitrogens with one attached hydrogen (secondary N) is 1. The Morgan fingerprint density at radius 1 is 1.29 bits per heavy atom. The molecule has 0 radical (unpaired) electrons. The van der Waals surface area contributed by atoms with Crippen molar-refractivity contribution in [3.63, 3.8) is 0 Å². The number of nitriles is 1. The Morgan fingerprint density at radius 2 is 2.12 bits per heavy atom. The first kappa shape index (κ1) is 10.8. The molecule has 1 aliphatic carbocycles. The molecule has 2 aliphatic rings. The van der Waals surface area contributed by atoms with Crippen LogP contribution in [0, 0.1) is 11.3 Å². The van der Waals surface area contributed by atoms with Gasteiger partial charge >= 0.3 is 0 Å².